The van der Waals surface area contributed by atoms with Crippen molar-refractivity contribution >= 4 is 49.2 Å². The van der Waals surface area contributed by atoms with Crippen molar-refractivity contribution in [3.05, 3.63) is 51.8 Å². The lowest BCUT2D eigenvalue weighted by Gasteiger charge is -2.35. The van der Waals surface area contributed by atoms with Gasteiger partial charge >= 0.3 is 0 Å². The molecule has 0 aliphatic carbocycles. The number of amides is 1. The third kappa shape index (κ3) is 3.11. The molecule has 3 aromatic rings. The van der Waals surface area contributed by atoms with Crippen molar-refractivity contribution in [1.29, 1.82) is 0 Å². The molecule has 0 saturated carbocycles. The van der Waals surface area contributed by atoms with Crippen molar-refractivity contribution in [3.63, 3.8) is 0 Å². The van der Waals surface area contributed by atoms with E-state index in [4.69, 9.17) is 0 Å². The van der Waals surface area contributed by atoms with Crippen LogP contribution in [-0.2, 0) is 0 Å². The second-order valence-corrected chi connectivity index (χ2v) is 7.49. The fourth-order valence-corrected chi connectivity index (χ4v) is 4.13. The van der Waals surface area contributed by atoms with E-state index in [-0.39, 0.29) is 5.91 Å². The van der Waals surface area contributed by atoms with Crippen molar-refractivity contribution < 1.29 is 9.18 Å². The number of carbonyl (C=O) groups excluding carboxylic acids is 1. The van der Waals surface area contributed by atoms with Crippen LogP contribution in [0.2, 0.25) is 0 Å². The molecule has 25 heavy (non-hydrogen) atoms. The number of thiophene rings is 1. The fourth-order valence-electron chi connectivity index (χ4n) is 2.98. The summed E-state index contributed by atoms with van der Waals surface area (Å²) in [5.74, 6) is 0.339. The fraction of sp³-hybridized carbons (Fsp3) is 0.235. The van der Waals surface area contributed by atoms with Crippen molar-refractivity contribution in [2.45, 2.75) is 0 Å². The highest BCUT2D eigenvalue weighted by Crippen LogP contribution is 2.28. The largest absolute Gasteiger partial charge is 0.352 e. The molecule has 1 saturated heterocycles. The van der Waals surface area contributed by atoms with Crippen LogP contribution in [0, 0.1) is 5.82 Å². The van der Waals surface area contributed by atoms with Crippen LogP contribution >= 0.6 is 27.3 Å². The van der Waals surface area contributed by atoms with Gasteiger partial charge in [-0.25, -0.2) is 14.4 Å². The topological polar surface area (TPSA) is 49.3 Å². The van der Waals surface area contributed by atoms with Crippen molar-refractivity contribution in [2.75, 3.05) is 31.1 Å². The smallest absolute Gasteiger partial charge is 0.255 e. The molecule has 4 rings (SSSR count). The van der Waals surface area contributed by atoms with Gasteiger partial charge < -0.3 is 9.80 Å². The second-order valence-electron chi connectivity index (χ2n) is 5.74. The number of nitrogens with zero attached hydrogens (tertiary/aromatic N) is 4. The summed E-state index contributed by atoms with van der Waals surface area (Å²) < 4.78 is 14.1. The highest BCUT2D eigenvalue weighted by molar-refractivity contribution is 9.10. The SMILES string of the molecule is O=C(c1cc(F)ccc1Br)N1CCN(c2ncnc3sccc23)CC1. The Hall–Kier alpha value is -2.06. The molecule has 1 aromatic carbocycles. The number of hydrogen-bond acceptors (Lipinski definition) is 5. The van der Waals surface area contributed by atoms with Crippen LogP contribution < -0.4 is 4.90 Å². The molecule has 0 radical (unpaired) electrons. The molecule has 2 aromatic heterocycles. The van der Waals surface area contributed by atoms with Crippen molar-refractivity contribution in [3.8, 4) is 0 Å². The average Bonchev–Trinajstić information content (AvgIpc) is 3.12. The summed E-state index contributed by atoms with van der Waals surface area (Å²) in [7, 11) is 0. The molecule has 0 spiro atoms. The third-order valence-corrected chi connectivity index (χ3v) is 5.78. The Balaban J connectivity index is 1.51. The molecule has 5 nitrogen and oxygen atoms in total. The first-order valence-corrected chi connectivity index (χ1v) is 9.48. The number of halogens is 2. The van der Waals surface area contributed by atoms with Gasteiger partial charge in [-0.1, -0.05) is 0 Å². The molecule has 0 N–H and O–H groups in total. The van der Waals surface area contributed by atoms with Crippen LogP contribution in [0.1, 0.15) is 10.4 Å². The van der Waals surface area contributed by atoms with Gasteiger partial charge in [0, 0.05) is 30.7 Å². The maximum Gasteiger partial charge on any atom is 0.255 e. The van der Waals surface area contributed by atoms with Crippen molar-refractivity contribution in [2.24, 2.45) is 0 Å². The molecule has 1 amide bonds. The first-order valence-electron chi connectivity index (χ1n) is 7.81. The summed E-state index contributed by atoms with van der Waals surface area (Å²) in [6.45, 7) is 2.50. The van der Waals surface area contributed by atoms with Gasteiger partial charge in [0.15, 0.2) is 0 Å². The number of anilines is 1. The molecule has 0 atom stereocenters. The van der Waals surface area contributed by atoms with E-state index >= 15 is 0 Å². The van der Waals surface area contributed by atoms with E-state index in [0.717, 1.165) is 16.0 Å². The Morgan fingerprint density at radius 1 is 1.16 bits per heavy atom. The number of rotatable bonds is 2. The molecular formula is C17H14BrFN4OS. The van der Waals surface area contributed by atoms with Crippen LogP contribution in [-0.4, -0.2) is 47.0 Å². The van der Waals surface area contributed by atoms with Crippen LogP contribution in [0.5, 0.6) is 0 Å². The van der Waals surface area contributed by atoms with Crippen LogP contribution in [0.3, 0.4) is 0 Å². The van der Waals surface area contributed by atoms with E-state index in [1.54, 1.807) is 28.6 Å². The number of hydrogen-bond donors (Lipinski definition) is 0. The quantitative estimate of drug-likeness (QED) is 0.635. The van der Waals surface area contributed by atoms with Crippen molar-refractivity contribution in [1.82, 2.24) is 14.9 Å². The van der Waals surface area contributed by atoms with Gasteiger partial charge in [0.1, 0.15) is 22.8 Å². The number of benzene rings is 1. The van der Waals surface area contributed by atoms with Gasteiger partial charge in [0.25, 0.3) is 5.91 Å². The summed E-state index contributed by atoms with van der Waals surface area (Å²) in [6, 6.07) is 6.20. The lowest BCUT2D eigenvalue weighted by molar-refractivity contribution is 0.0745. The maximum absolute atomic E-state index is 13.5. The van der Waals surface area contributed by atoms with Gasteiger partial charge in [0.05, 0.1) is 10.9 Å². The maximum atomic E-state index is 13.5. The van der Waals surface area contributed by atoms with Gasteiger partial charge in [0.2, 0.25) is 0 Å². The predicted molar refractivity (Wildman–Crippen MR) is 99.6 cm³/mol. The lowest BCUT2D eigenvalue weighted by Crippen LogP contribution is -2.49. The summed E-state index contributed by atoms with van der Waals surface area (Å²) in [5, 5.41) is 3.05. The highest BCUT2D eigenvalue weighted by Gasteiger charge is 2.25. The van der Waals surface area contributed by atoms with Crippen LogP contribution in [0.4, 0.5) is 10.2 Å². The first-order chi connectivity index (χ1) is 12.1. The van der Waals surface area contributed by atoms with Gasteiger partial charge in [-0.05, 0) is 45.6 Å². The Labute approximate surface area is 156 Å². The summed E-state index contributed by atoms with van der Waals surface area (Å²) in [5.41, 5.74) is 0.357. The molecule has 0 bridgehead atoms. The zero-order valence-corrected chi connectivity index (χ0v) is 15.6. The van der Waals surface area contributed by atoms with E-state index in [9.17, 15) is 9.18 Å². The zero-order chi connectivity index (χ0) is 17.4. The molecule has 1 aliphatic heterocycles. The molecular weight excluding hydrogens is 407 g/mol. The van der Waals surface area contributed by atoms with E-state index in [1.165, 1.54) is 12.1 Å². The van der Waals surface area contributed by atoms with Gasteiger partial charge in [-0.2, -0.15) is 0 Å². The summed E-state index contributed by atoms with van der Waals surface area (Å²) in [4.78, 5) is 26.2. The minimum absolute atomic E-state index is 0.158. The van der Waals surface area contributed by atoms with Gasteiger partial charge in [-0.3, -0.25) is 4.79 Å². The van der Waals surface area contributed by atoms with Gasteiger partial charge in [-0.15, -0.1) is 11.3 Å². The van der Waals surface area contributed by atoms with E-state index in [1.807, 2.05) is 11.4 Å². The normalized spacial score (nSPS) is 15.0. The Bertz CT molecular complexity index is 939. The Kier molecular flexibility index (Phi) is 4.39. The molecule has 0 unspecified atom stereocenters. The average molecular weight is 421 g/mol. The molecule has 128 valence electrons. The number of fused-ring (bicyclic) bond motifs is 1. The Morgan fingerprint density at radius 2 is 1.96 bits per heavy atom. The first kappa shape index (κ1) is 16.4. The Morgan fingerprint density at radius 3 is 2.76 bits per heavy atom. The van der Waals surface area contributed by atoms with E-state index in [2.05, 4.69) is 30.8 Å². The number of aromatic nitrogens is 2. The summed E-state index contributed by atoms with van der Waals surface area (Å²) >= 11 is 4.92. The minimum atomic E-state index is -0.411. The number of carbonyl (C=O) groups is 1. The van der Waals surface area contributed by atoms with E-state index < -0.39 is 5.82 Å². The highest BCUT2D eigenvalue weighted by atomic mass is 79.9. The standard InChI is InChI=1S/C17H14BrFN4OS/c18-14-2-1-11(19)9-13(14)17(24)23-6-4-22(5-7-23)15-12-3-8-25-16(12)21-10-20-15/h1-3,8-10H,4-7H2. The van der Waals surface area contributed by atoms with E-state index in [0.29, 0.717) is 36.2 Å². The predicted octanol–water partition coefficient (Wildman–Crippen LogP) is 3.56. The number of piperazine rings is 1. The molecule has 3 heterocycles. The van der Waals surface area contributed by atoms with Crippen LogP contribution in [0.25, 0.3) is 10.2 Å². The van der Waals surface area contributed by atoms with Crippen LogP contribution in [0.15, 0.2) is 40.4 Å². The second kappa shape index (κ2) is 6.68. The molecule has 8 heteroatoms. The zero-order valence-electron chi connectivity index (χ0n) is 13.2. The monoisotopic (exact) mass is 420 g/mol. The molecule has 1 fully saturated rings. The molecule has 1 aliphatic rings. The lowest BCUT2D eigenvalue weighted by atomic mass is 10.1. The summed E-state index contributed by atoms with van der Waals surface area (Å²) in [6.07, 6.45) is 1.58. The third-order valence-electron chi connectivity index (χ3n) is 4.27. The minimum Gasteiger partial charge on any atom is -0.352 e.